The molecular weight excluding hydrogens is 214 g/mol. The average molecular weight is 229 g/mol. The highest BCUT2D eigenvalue weighted by Crippen LogP contribution is 2.27. The van der Waals surface area contributed by atoms with Crippen molar-refractivity contribution in [2.45, 2.75) is 38.6 Å². The quantitative estimate of drug-likeness (QED) is 0.765. The molecule has 1 aromatic rings. The van der Waals surface area contributed by atoms with Crippen molar-refractivity contribution in [3.05, 3.63) is 3.95 Å². The summed E-state index contributed by atoms with van der Waals surface area (Å²) >= 11 is 6.51. The van der Waals surface area contributed by atoms with Gasteiger partial charge < -0.3 is 5.32 Å². The fourth-order valence-corrected chi connectivity index (χ4v) is 2.83. The Labute approximate surface area is 92.9 Å². The smallest absolute Gasteiger partial charge is 0.204 e. The van der Waals surface area contributed by atoms with Crippen molar-refractivity contribution < 1.29 is 0 Å². The monoisotopic (exact) mass is 229 g/mol. The van der Waals surface area contributed by atoms with Crippen LogP contribution in [0.1, 0.15) is 32.6 Å². The Morgan fingerprint density at radius 2 is 2.29 bits per heavy atom. The standard InChI is InChI=1S/C9H15N3S2/c1-6-4-2-3-5-7(6)10-8-11-12-9(13)14-8/h6-7H,2-5H2,1H3,(H,10,11)(H,12,13)/t6-,7-/m0/s1. The van der Waals surface area contributed by atoms with E-state index in [2.05, 4.69) is 22.4 Å². The number of aromatic nitrogens is 2. The van der Waals surface area contributed by atoms with E-state index in [1.165, 1.54) is 37.0 Å². The van der Waals surface area contributed by atoms with E-state index in [0.717, 1.165) is 15.0 Å². The maximum atomic E-state index is 4.99. The largest absolute Gasteiger partial charge is 0.357 e. The molecule has 0 aromatic carbocycles. The van der Waals surface area contributed by atoms with Gasteiger partial charge in [-0.25, -0.2) is 0 Å². The van der Waals surface area contributed by atoms with Gasteiger partial charge in [0.1, 0.15) is 0 Å². The lowest BCUT2D eigenvalue weighted by molar-refractivity contribution is 0.349. The second-order valence-electron chi connectivity index (χ2n) is 3.93. The summed E-state index contributed by atoms with van der Waals surface area (Å²) in [5.41, 5.74) is 0. The van der Waals surface area contributed by atoms with Gasteiger partial charge in [0.2, 0.25) is 5.13 Å². The SMILES string of the molecule is C[C@H]1CCCC[C@@H]1Nc1n[nH]c(=S)s1. The van der Waals surface area contributed by atoms with Crippen molar-refractivity contribution in [1.82, 2.24) is 10.2 Å². The minimum Gasteiger partial charge on any atom is -0.357 e. The van der Waals surface area contributed by atoms with Gasteiger partial charge in [0.05, 0.1) is 0 Å². The molecule has 1 aliphatic carbocycles. The summed E-state index contributed by atoms with van der Waals surface area (Å²) in [6.07, 6.45) is 5.29. The first-order valence-corrected chi connectivity index (χ1v) is 6.30. The van der Waals surface area contributed by atoms with Crippen molar-refractivity contribution in [1.29, 1.82) is 0 Å². The third kappa shape index (κ3) is 2.33. The second kappa shape index (κ2) is 4.40. The summed E-state index contributed by atoms with van der Waals surface area (Å²) in [5, 5.41) is 11.3. The predicted octanol–water partition coefficient (Wildman–Crippen LogP) is 3.19. The van der Waals surface area contributed by atoms with E-state index < -0.39 is 0 Å². The van der Waals surface area contributed by atoms with Crippen LogP contribution in [0.4, 0.5) is 5.13 Å². The van der Waals surface area contributed by atoms with E-state index in [4.69, 9.17) is 12.2 Å². The molecule has 2 N–H and O–H groups in total. The third-order valence-corrected chi connectivity index (χ3v) is 3.88. The summed E-state index contributed by atoms with van der Waals surface area (Å²) in [4.78, 5) is 0. The number of rotatable bonds is 2. The molecule has 1 aliphatic rings. The zero-order chi connectivity index (χ0) is 9.97. The summed E-state index contributed by atoms with van der Waals surface area (Å²) in [6, 6.07) is 0.581. The lowest BCUT2D eigenvalue weighted by atomic mass is 9.86. The number of H-pyrrole nitrogens is 1. The number of aromatic amines is 1. The molecule has 3 nitrogen and oxygen atoms in total. The fourth-order valence-electron chi connectivity index (χ4n) is 1.98. The summed E-state index contributed by atoms with van der Waals surface area (Å²) in [5.74, 6) is 0.751. The summed E-state index contributed by atoms with van der Waals surface area (Å²) in [6.45, 7) is 2.31. The zero-order valence-corrected chi connectivity index (χ0v) is 9.88. The Hall–Kier alpha value is -0.420. The molecule has 5 heteroatoms. The van der Waals surface area contributed by atoms with Crippen LogP contribution in [-0.4, -0.2) is 16.2 Å². The zero-order valence-electron chi connectivity index (χ0n) is 8.25. The van der Waals surface area contributed by atoms with Crippen LogP contribution in [0.15, 0.2) is 0 Å². The fraction of sp³-hybridized carbons (Fsp3) is 0.778. The van der Waals surface area contributed by atoms with Crippen molar-refractivity contribution in [2.24, 2.45) is 5.92 Å². The van der Waals surface area contributed by atoms with E-state index in [0.29, 0.717) is 6.04 Å². The van der Waals surface area contributed by atoms with E-state index in [9.17, 15) is 0 Å². The second-order valence-corrected chi connectivity index (χ2v) is 5.60. The minimum atomic E-state index is 0.581. The lowest BCUT2D eigenvalue weighted by Crippen LogP contribution is -2.30. The number of nitrogens with one attached hydrogen (secondary N) is 2. The molecule has 2 atom stereocenters. The molecule has 1 heterocycles. The number of hydrogen-bond acceptors (Lipinski definition) is 4. The average Bonchev–Trinajstić information content (AvgIpc) is 2.56. The molecule has 0 radical (unpaired) electrons. The van der Waals surface area contributed by atoms with Crippen LogP contribution in [0.3, 0.4) is 0 Å². The lowest BCUT2D eigenvalue weighted by Gasteiger charge is -2.29. The molecule has 0 amide bonds. The van der Waals surface area contributed by atoms with Crippen LogP contribution in [0, 0.1) is 9.87 Å². The van der Waals surface area contributed by atoms with Crippen molar-refractivity contribution in [3.8, 4) is 0 Å². The maximum Gasteiger partial charge on any atom is 0.204 e. The number of anilines is 1. The Morgan fingerprint density at radius 3 is 2.93 bits per heavy atom. The molecule has 2 rings (SSSR count). The Morgan fingerprint density at radius 1 is 1.50 bits per heavy atom. The van der Waals surface area contributed by atoms with Gasteiger partial charge in [0, 0.05) is 6.04 Å². The number of hydrogen-bond donors (Lipinski definition) is 2. The minimum absolute atomic E-state index is 0.581. The van der Waals surface area contributed by atoms with Gasteiger partial charge in [-0.2, -0.15) is 0 Å². The van der Waals surface area contributed by atoms with E-state index in [-0.39, 0.29) is 0 Å². The molecule has 1 aromatic heterocycles. The molecule has 0 spiro atoms. The van der Waals surface area contributed by atoms with Gasteiger partial charge >= 0.3 is 0 Å². The molecule has 0 aliphatic heterocycles. The molecule has 14 heavy (non-hydrogen) atoms. The van der Waals surface area contributed by atoms with Crippen LogP contribution < -0.4 is 5.32 Å². The molecule has 0 saturated heterocycles. The van der Waals surface area contributed by atoms with Crippen molar-refractivity contribution in [3.63, 3.8) is 0 Å². The highest BCUT2D eigenvalue weighted by atomic mass is 32.1. The van der Waals surface area contributed by atoms with Crippen molar-refractivity contribution in [2.75, 3.05) is 5.32 Å². The van der Waals surface area contributed by atoms with Crippen LogP contribution in [0.2, 0.25) is 0 Å². The molecule has 78 valence electrons. The first kappa shape index (κ1) is 10.1. The van der Waals surface area contributed by atoms with Gasteiger partial charge in [-0.05, 0) is 31.0 Å². The Bertz CT molecular complexity index is 344. The van der Waals surface area contributed by atoms with E-state index in [1.807, 2.05) is 0 Å². The van der Waals surface area contributed by atoms with Gasteiger partial charge in [-0.15, -0.1) is 5.10 Å². The molecule has 1 saturated carbocycles. The van der Waals surface area contributed by atoms with Gasteiger partial charge in [-0.3, -0.25) is 5.10 Å². The highest BCUT2D eigenvalue weighted by molar-refractivity contribution is 7.73. The predicted molar refractivity (Wildman–Crippen MR) is 62.3 cm³/mol. The van der Waals surface area contributed by atoms with Gasteiger partial charge in [0.15, 0.2) is 3.95 Å². The Kier molecular flexibility index (Phi) is 3.18. The summed E-state index contributed by atoms with van der Waals surface area (Å²) in [7, 11) is 0. The summed E-state index contributed by atoms with van der Waals surface area (Å²) < 4.78 is 0.746. The van der Waals surface area contributed by atoms with Crippen LogP contribution in [0.25, 0.3) is 0 Å². The molecule has 0 unspecified atom stereocenters. The van der Waals surface area contributed by atoms with E-state index >= 15 is 0 Å². The molecule has 1 fully saturated rings. The number of nitrogens with zero attached hydrogens (tertiary/aromatic N) is 1. The topological polar surface area (TPSA) is 40.7 Å². The van der Waals surface area contributed by atoms with Crippen LogP contribution in [-0.2, 0) is 0 Å². The van der Waals surface area contributed by atoms with Gasteiger partial charge in [0.25, 0.3) is 0 Å². The van der Waals surface area contributed by atoms with Crippen LogP contribution in [0.5, 0.6) is 0 Å². The van der Waals surface area contributed by atoms with Crippen molar-refractivity contribution >= 4 is 28.7 Å². The first-order valence-electron chi connectivity index (χ1n) is 5.08. The van der Waals surface area contributed by atoms with Crippen LogP contribution >= 0.6 is 23.6 Å². The third-order valence-electron chi connectivity index (χ3n) is 2.86. The highest BCUT2D eigenvalue weighted by Gasteiger charge is 2.21. The molecular formula is C9H15N3S2. The first-order chi connectivity index (χ1) is 6.75. The normalized spacial score (nSPS) is 27.5. The Balaban J connectivity index is 1.99. The maximum absolute atomic E-state index is 4.99. The molecule has 0 bridgehead atoms. The van der Waals surface area contributed by atoms with Gasteiger partial charge in [-0.1, -0.05) is 31.1 Å². The van der Waals surface area contributed by atoms with E-state index in [1.54, 1.807) is 0 Å².